The van der Waals surface area contributed by atoms with Crippen LogP contribution in [0.5, 0.6) is 0 Å². The lowest BCUT2D eigenvalue weighted by Crippen LogP contribution is -2.17. The fourth-order valence-corrected chi connectivity index (χ4v) is 2.79. The molecule has 0 spiro atoms. The lowest BCUT2D eigenvalue weighted by molar-refractivity contribution is -0.114. The molecule has 0 aliphatic rings. The van der Waals surface area contributed by atoms with Gasteiger partial charge in [0.05, 0.1) is 10.9 Å². The standard InChI is InChI=1S/C16H16BrFN6O/c1-8-5-13(22-15(20-8)16(3,4)18)24-11-6-12(21-9(2)25)19-7-10(11)14(17)23-24/h5-7H,1-4H3,(H,19,21,25). The molecule has 0 radical (unpaired) electrons. The van der Waals surface area contributed by atoms with E-state index in [-0.39, 0.29) is 11.7 Å². The molecule has 0 unspecified atom stereocenters. The fraction of sp³-hybridized carbons (Fsp3) is 0.312. The predicted octanol–water partition coefficient (Wildman–Crippen LogP) is 3.44. The number of carbonyl (C=O) groups excluding carboxylic acids is 1. The molecule has 25 heavy (non-hydrogen) atoms. The Morgan fingerprint density at radius 1 is 1.32 bits per heavy atom. The third kappa shape index (κ3) is 3.51. The molecule has 3 rings (SSSR count). The summed E-state index contributed by atoms with van der Waals surface area (Å²) in [7, 11) is 0. The van der Waals surface area contributed by atoms with E-state index in [0.717, 1.165) is 5.39 Å². The average Bonchev–Trinajstić information content (AvgIpc) is 2.82. The summed E-state index contributed by atoms with van der Waals surface area (Å²) >= 11 is 3.39. The number of nitrogens with zero attached hydrogens (tertiary/aromatic N) is 5. The highest BCUT2D eigenvalue weighted by atomic mass is 79.9. The summed E-state index contributed by atoms with van der Waals surface area (Å²) in [6, 6.07) is 3.40. The molecule has 3 aromatic heterocycles. The number of hydrogen-bond acceptors (Lipinski definition) is 5. The molecule has 3 heterocycles. The highest BCUT2D eigenvalue weighted by Gasteiger charge is 2.24. The van der Waals surface area contributed by atoms with Gasteiger partial charge in [0, 0.05) is 30.9 Å². The van der Waals surface area contributed by atoms with Gasteiger partial charge in [0.2, 0.25) is 5.91 Å². The summed E-state index contributed by atoms with van der Waals surface area (Å²) in [5.74, 6) is 0.684. The van der Waals surface area contributed by atoms with Crippen LogP contribution in [0.3, 0.4) is 0 Å². The van der Waals surface area contributed by atoms with E-state index in [2.05, 4.69) is 41.3 Å². The first-order valence-electron chi connectivity index (χ1n) is 7.52. The number of nitrogens with one attached hydrogen (secondary N) is 1. The van der Waals surface area contributed by atoms with Crippen molar-refractivity contribution in [2.75, 3.05) is 5.32 Å². The zero-order valence-corrected chi connectivity index (χ0v) is 15.7. The minimum atomic E-state index is -1.68. The molecule has 3 aromatic rings. The minimum Gasteiger partial charge on any atom is -0.311 e. The van der Waals surface area contributed by atoms with Crippen LogP contribution in [0.25, 0.3) is 16.7 Å². The van der Waals surface area contributed by atoms with Crippen molar-refractivity contribution in [3.05, 3.63) is 34.5 Å². The molecule has 0 atom stereocenters. The number of alkyl halides is 1. The van der Waals surface area contributed by atoms with Crippen LogP contribution in [-0.4, -0.2) is 30.6 Å². The molecule has 0 aliphatic heterocycles. The van der Waals surface area contributed by atoms with Crippen LogP contribution < -0.4 is 5.32 Å². The van der Waals surface area contributed by atoms with Gasteiger partial charge >= 0.3 is 0 Å². The van der Waals surface area contributed by atoms with Gasteiger partial charge in [0.1, 0.15) is 10.4 Å². The number of anilines is 1. The van der Waals surface area contributed by atoms with Gasteiger partial charge in [-0.1, -0.05) is 0 Å². The Labute approximate surface area is 151 Å². The molecule has 0 aliphatic carbocycles. The van der Waals surface area contributed by atoms with E-state index in [0.29, 0.717) is 27.4 Å². The number of halogens is 2. The van der Waals surface area contributed by atoms with Crippen molar-refractivity contribution < 1.29 is 9.18 Å². The second-order valence-corrected chi connectivity index (χ2v) is 6.89. The number of fused-ring (bicyclic) bond motifs is 1. The Bertz CT molecular complexity index is 979. The third-order valence-electron chi connectivity index (χ3n) is 3.41. The third-order valence-corrected chi connectivity index (χ3v) is 4.00. The first-order chi connectivity index (χ1) is 11.6. The lowest BCUT2D eigenvalue weighted by atomic mass is 10.1. The maximum atomic E-state index is 14.3. The van der Waals surface area contributed by atoms with E-state index in [1.807, 2.05) is 0 Å². The molecule has 0 fully saturated rings. The minimum absolute atomic E-state index is 0.0819. The number of pyridine rings is 1. The number of aryl methyl sites for hydroxylation is 1. The predicted molar refractivity (Wildman–Crippen MR) is 95.3 cm³/mol. The first-order valence-corrected chi connectivity index (χ1v) is 8.32. The average molecular weight is 407 g/mol. The van der Waals surface area contributed by atoms with Crippen molar-refractivity contribution in [2.24, 2.45) is 0 Å². The van der Waals surface area contributed by atoms with Gasteiger partial charge in [-0.2, -0.15) is 5.10 Å². The van der Waals surface area contributed by atoms with Crippen LogP contribution >= 0.6 is 15.9 Å². The molecule has 0 bridgehead atoms. The van der Waals surface area contributed by atoms with Crippen molar-refractivity contribution in [3.63, 3.8) is 0 Å². The Morgan fingerprint density at radius 3 is 2.68 bits per heavy atom. The van der Waals surface area contributed by atoms with Crippen molar-refractivity contribution >= 4 is 38.6 Å². The summed E-state index contributed by atoms with van der Waals surface area (Å²) in [5.41, 5.74) is -0.378. The molecule has 1 N–H and O–H groups in total. The number of aromatic nitrogens is 5. The smallest absolute Gasteiger partial charge is 0.222 e. The Balaban J connectivity index is 2.21. The summed E-state index contributed by atoms with van der Waals surface area (Å²) < 4.78 is 16.4. The number of rotatable bonds is 3. The Kier molecular flexibility index (Phi) is 4.28. The first kappa shape index (κ1) is 17.4. The molecule has 0 saturated heterocycles. The largest absolute Gasteiger partial charge is 0.311 e. The van der Waals surface area contributed by atoms with Gasteiger partial charge in [0.15, 0.2) is 17.3 Å². The number of amides is 1. The highest BCUT2D eigenvalue weighted by molar-refractivity contribution is 9.10. The van der Waals surface area contributed by atoms with Crippen molar-refractivity contribution in [2.45, 2.75) is 33.4 Å². The molecule has 130 valence electrons. The molecule has 1 amide bonds. The maximum Gasteiger partial charge on any atom is 0.222 e. The highest BCUT2D eigenvalue weighted by Crippen LogP contribution is 2.28. The zero-order chi connectivity index (χ0) is 18.4. The van der Waals surface area contributed by atoms with E-state index in [9.17, 15) is 9.18 Å². The normalized spacial score (nSPS) is 11.8. The van der Waals surface area contributed by atoms with Crippen LogP contribution in [-0.2, 0) is 10.5 Å². The van der Waals surface area contributed by atoms with Crippen LogP contribution in [0.4, 0.5) is 10.2 Å². The summed E-state index contributed by atoms with van der Waals surface area (Å²) in [5, 5.41) is 7.79. The van der Waals surface area contributed by atoms with Crippen molar-refractivity contribution in [1.29, 1.82) is 0 Å². The van der Waals surface area contributed by atoms with Crippen LogP contribution in [0.15, 0.2) is 22.9 Å². The van der Waals surface area contributed by atoms with Gasteiger partial charge in [-0.15, -0.1) is 0 Å². The van der Waals surface area contributed by atoms with Crippen molar-refractivity contribution in [3.8, 4) is 5.82 Å². The van der Waals surface area contributed by atoms with E-state index in [1.165, 1.54) is 20.8 Å². The van der Waals surface area contributed by atoms with Gasteiger partial charge in [-0.3, -0.25) is 4.79 Å². The van der Waals surface area contributed by atoms with Gasteiger partial charge < -0.3 is 5.32 Å². The molecule has 0 aromatic carbocycles. The van der Waals surface area contributed by atoms with E-state index < -0.39 is 5.67 Å². The van der Waals surface area contributed by atoms with E-state index >= 15 is 0 Å². The second kappa shape index (κ2) is 6.14. The quantitative estimate of drug-likeness (QED) is 0.719. The van der Waals surface area contributed by atoms with E-state index in [1.54, 1.807) is 29.9 Å². The van der Waals surface area contributed by atoms with Crippen LogP contribution in [0, 0.1) is 6.92 Å². The topological polar surface area (TPSA) is 85.6 Å². The van der Waals surface area contributed by atoms with E-state index in [4.69, 9.17) is 0 Å². The zero-order valence-electron chi connectivity index (χ0n) is 14.1. The summed E-state index contributed by atoms with van der Waals surface area (Å²) in [6.45, 7) is 5.98. The van der Waals surface area contributed by atoms with Gasteiger partial charge in [0.25, 0.3) is 0 Å². The molecular formula is C16H16BrFN6O. The maximum absolute atomic E-state index is 14.3. The monoisotopic (exact) mass is 406 g/mol. The SMILES string of the molecule is CC(=O)Nc1cc2c(cn1)c(Br)nn2-c1cc(C)nc(C(C)(C)F)n1. The Hall–Kier alpha value is -2.42. The van der Waals surface area contributed by atoms with Crippen LogP contribution in [0.1, 0.15) is 32.3 Å². The summed E-state index contributed by atoms with van der Waals surface area (Å²) in [4.78, 5) is 23.9. The molecular weight excluding hydrogens is 391 g/mol. The lowest BCUT2D eigenvalue weighted by Gasteiger charge is -2.14. The molecule has 9 heteroatoms. The van der Waals surface area contributed by atoms with Crippen molar-refractivity contribution in [1.82, 2.24) is 24.7 Å². The number of hydrogen-bond donors (Lipinski definition) is 1. The Morgan fingerprint density at radius 2 is 2.04 bits per heavy atom. The fourth-order valence-electron chi connectivity index (χ4n) is 2.32. The molecule has 0 saturated carbocycles. The second-order valence-electron chi connectivity index (χ2n) is 6.13. The van der Waals surface area contributed by atoms with Crippen LogP contribution in [0.2, 0.25) is 0 Å². The van der Waals surface area contributed by atoms with Gasteiger partial charge in [-0.25, -0.2) is 24.0 Å². The number of carbonyl (C=O) groups is 1. The van der Waals surface area contributed by atoms with Gasteiger partial charge in [-0.05, 0) is 36.7 Å². The molecule has 7 nitrogen and oxygen atoms in total. The summed E-state index contributed by atoms with van der Waals surface area (Å²) in [6.07, 6.45) is 1.60.